The molecule has 0 spiro atoms. The van der Waals surface area contributed by atoms with Gasteiger partial charge in [0.15, 0.2) is 0 Å². The zero-order valence-corrected chi connectivity index (χ0v) is 9.98. The van der Waals surface area contributed by atoms with E-state index in [1.807, 2.05) is 0 Å². The molecule has 2 rings (SSSR count). The molecule has 1 aliphatic rings. The first-order chi connectivity index (χ1) is 9.06. The Balaban J connectivity index is 2.04. The molecule has 0 aromatic heterocycles. The Morgan fingerprint density at radius 3 is 2.84 bits per heavy atom. The highest BCUT2D eigenvalue weighted by atomic mass is 19.3. The second-order valence-corrected chi connectivity index (χ2v) is 4.21. The molecule has 1 heterocycles. The number of benzene rings is 1. The number of alkyl halides is 2. The minimum Gasteiger partial charge on any atom is -0.433 e. The summed E-state index contributed by atoms with van der Waals surface area (Å²) in [7, 11) is 0. The van der Waals surface area contributed by atoms with Crippen LogP contribution in [0.25, 0.3) is 0 Å². The number of halogens is 2. The molecule has 3 N–H and O–H groups in total. The van der Waals surface area contributed by atoms with Crippen LogP contribution < -0.4 is 15.4 Å². The molecule has 1 aromatic carbocycles. The highest BCUT2D eigenvalue weighted by Crippen LogP contribution is 2.26. The monoisotopic (exact) mass is 272 g/mol. The Hall–Kier alpha value is -1.73. The Kier molecular flexibility index (Phi) is 4.28. The van der Waals surface area contributed by atoms with Crippen LogP contribution in [-0.2, 0) is 4.79 Å². The first-order valence-electron chi connectivity index (χ1n) is 5.82. The van der Waals surface area contributed by atoms with Crippen LogP contribution in [-0.4, -0.2) is 36.3 Å². The summed E-state index contributed by atoms with van der Waals surface area (Å²) in [5.41, 5.74) is 0.177. The molecule has 1 aromatic rings. The van der Waals surface area contributed by atoms with Crippen molar-refractivity contribution in [1.82, 2.24) is 5.32 Å². The zero-order chi connectivity index (χ0) is 13.8. The van der Waals surface area contributed by atoms with Crippen molar-refractivity contribution in [2.75, 3.05) is 11.9 Å². The maximum Gasteiger partial charge on any atom is 0.387 e. The lowest BCUT2D eigenvalue weighted by molar-refractivity contribution is -0.118. The van der Waals surface area contributed by atoms with Crippen LogP contribution in [0.4, 0.5) is 14.5 Å². The zero-order valence-electron chi connectivity index (χ0n) is 9.98. The third-order valence-corrected chi connectivity index (χ3v) is 2.79. The lowest BCUT2D eigenvalue weighted by Gasteiger charge is -2.14. The summed E-state index contributed by atoms with van der Waals surface area (Å²) in [6, 6.07) is 5.42. The fourth-order valence-electron chi connectivity index (χ4n) is 1.91. The highest BCUT2D eigenvalue weighted by molar-refractivity contribution is 5.96. The Morgan fingerprint density at radius 1 is 1.47 bits per heavy atom. The summed E-state index contributed by atoms with van der Waals surface area (Å²) in [5, 5.41) is 14.7. The van der Waals surface area contributed by atoms with E-state index in [0.717, 1.165) is 0 Å². The Labute approximate surface area is 108 Å². The van der Waals surface area contributed by atoms with Gasteiger partial charge in [0.1, 0.15) is 5.75 Å². The molecule has 1 aliphatic heterocycles. The van der Waals surface area contributed by atoms with E-state index in [1.54, 1.807) is 6.07 Å². The Bertz CT molecular complexity index is 456. The largest absolute Gasteiger partial charge is 0.433 e. The van der Waals surface area contributed by atoms with Crippen LogP contribution in [0.5, 0.6) is 5.75 Å². The number of rotatable bonds is 4. The van der Waals surface area contributed by atoms with Crippen molar-refractivity contribution in [3.05, 3.63) is 24.3 Å². The van der Waals surface area contributed by atoms with Gasteiger partial charge in [-0.05, 0) is 18.6 Å². The van der Waals surface area contributed by atoms with E-state index in [2.05, 4.69) is 15.4 Å². The van der Waals surface area contributed by atoms with Gasteiger partial charge in [-0.15, -0.1) is 0 Å². The van der Waals surface area contributed by atoms with Crippen molar-refractivity contribution in [2.24, 2.45) is 0 Å². The summed E-state index contributed by atoms with van der Waals surface area (Å²) >= 11 is 0. The topological polar surface area (TPSA) is 70.6 Å². The predicted octanol–water partition coefficient (Wildman–Crippen LogP) is 0.949. The standard InChI is InChI=1S/C12H14F2N2O3/c13-12(14)19-10-4-2-1-3-8(10)16-11(18)9-5-7(17)6-15-9/h1-4,7,9,12,15,17H,5-6H2,(H,16,18). The quantitative estimate of drug-likeness (QED) is 0.763. The van der Waals surface area contributed by atoms with E-state index >= 15 is 0 Å². The fourth-order valence-corrected chi connectivity index (χ4v) is 1.91. The number of nitrogens with one attached hydrogen (secondary N) is 2. The van der Waals surface area contributed by atoms with Crippen LogP contribution in [0.15, 0.2) is 24.3 Å². The van der Waals surface area contributed by atoms with Crippen molar-refractivity contribution in [1.29, 1.82) is 0 Å². The molecule has 19 heavy (non-hydrogen) atoms. The molecule has 1 fully saturated rings. The molecule has 0 radical (unpaired) electrons. The van der Waals surface area contributed by atoms with Gasteiger partial charge in [-0.1, -0.05) is 12.1 Å². The summed E-state index contributed by atoms with van der Waals surface area (Å²) in [4.78, 5) is 11.9. The van der Waals surface area contributed by atoms with Gasteiger partial charge in [-0.25, -0.2) is 0 Å². The molecule has 0 bridgehead atoms. The average Bonchev–Trinajstić information content (AvgIpc) is 2.78. The summed E-state index contributed by atoms with van der Waals surface area (Å²) in [5.74, 6) is -0.480. The number of amides is 1. The second kappa shape index (κ2) is 5.94. The summed E-state index contributed by atoms with van der Waals surface area (Å²) < 4.78 is 28.7. The number of carbonyl (C=O) groups is 1. The number of aliphatic hydroxyl groups excluding tert-OH is 1. The van der Waals surface area contributed by atoms with Gasteiger partial charge in [0, 0.05) is 6.54 Å². The third-order valence-electron chi connectivity index (χ3n) is 2.79. The molecular formula is C12H14F2N2O3. The van der Waals surface area contributed by atoms with Gasteiger partial charge in [0.2, 0.25) is 5.91 Å². The molecular weight excluding hydrogens is 258 g/mol. The number of ether oxygens (including phenoxy) is 1. The number of hydrogen-bond donors (Lipinski definition) is 3. The van der Waals surface area contributed by atoms with Gasteiger partial charge in [-0.2, -0.15) is 8.78 Å². The molecule has 104 valence electrons. The van der Waals surface area contributed by atoms with Crippen molar-refractivity contribution >= 4 is 11.6 Å². The number of β-amino-alcohol motifs (C(OH)–C–C–N with tert-alkyl or cyclic N) is 1. The first kappa shape index (κ1) is 13.7. The van der Waals surface area contributed by atoms with Crippen LogP contribution in [0.2, 0.25) is 0 Å². The number of aliphatic hydroxyl groups is 1. The maximum absolute atomic E-state index is 12.2. The van der Waals surface area contributed by atoms with E-state index < -0.39 is 18.8 Å². The van der Waals surface area contributed by atoms with E-state index in [-0.39, 0.29) is 17.3 Å². The predicted molar refractivity (Wildman–Crippen MR) is 64.1 cm³/mol. The van der Waals surface area contributed by atoms with E-state index in [4.69, 9.17) is 0 Å². The molecule has 5 nitrogen and oxygen atoms in total. The highest BCUT2D eigenvalue weighted by Gasteiger charge is 2.28. The summed E-state index contributed by atoms with van der Waals surface area (Å²) in [6.07, 6.45) is -0.271. The van der Waals surface area contributed by atoms with Gasteiger partial charge in [0.05, 0.1) is 17.8 Å². The number of hydrogen-bond acceptors (Lipinski definition) is 4. The molecule has 0 aliphatic carbocycles. The van der Waals surface area contributed by atoms with Crippen molar-refractivity contribution in [3.8, 4) is 5.75 Å². The maximum atomic E-state index is 12.2. The minimum absolute atomic E-state index is 0.0932. The van der Waals surface area contributed by atoms with E-state index in [0.29, 0.717) is 13.0 Å². The van der Waals surface area contributed by atoms with Crippen molar-refractivity contribution < 1.29 is 23.4 Å². The summed E-state index contributed by atoms with van der Waals surface area (Å²) in [6.45, 7) is -2.61. The first-order valence-corrected chi connectivity index (χ1v) is 5.82. The molecule has 1 amide bonds. The number of anilines is 1. The van der Waals surface area contributed by atoms with Crippen LogP contribution in [0.1, 0.15) is 6.42 Å². The lowest BCUT2D eigenvalue weighted by atomic mass is 10.2. The second-order valence-electron chi connectivity index (χ2n) is 4.21. The van der Waals surface area contributed by atoms with Crippen LogP contribution in [0.3, 0.4) is 0 Å². The third kappa shape index (κ3) is 3.62. The van der Waals surface area contributed by atoms with Crippen molar-refractivity contribution in [3.63, 3.8) is 0 Å². The van der Waals surface area contributed by atoms with Crippen LogP contribution >= 0.6 is 0 Å². The fraction of sp³-hybridized carbons (Fsp3) is 0.417. The number of para-hydroxylation sites is 2. The van der Waals surface area contributed by atoms with Gasteiger partial charge in [0.25, 0.3) is 0 Å². The molecule has 0 saturated carbocycles. The number of carbonyl (C=O) groups excluding carboxylic acids is 1. The van der Waals surface area contributed by atoms with Crippen molar-refractivity contribution in [2.45, 2.75) is 25.2 Å². The molecule has 2 unspecified atom stereocenters. The van der Waals surface area contributed by atoms with Gasteiger partial charge >= 0.3 is 6.61 Å². The molecule has 7 heteroatoms. The SMILES string of the molecule is O=C(Nc1ccccc1OC(F)F)C1CC(O)CN1. The lowest BCUT2D eigenvalue weighted by Crippen LogP contribution is -2.35. The Morgan fingerprint density at radius 2 is 2.21 bits per heavy atom. The normalized spacial score (nSPS) is 22.5. The van der Waals surface area contributed by atoms with E-state index in [1.165, 1.54) is 18.2 Å². The molecule has 1 saturated heterocycles. The minimum atomic E-state index is -2.95. The molecule has 2 atom stereocenters. The van der Waals surface area contributed by atoms with E-state index in [9.17, 15) is 18.7 Å². The van der Waals surface area contributed by atoms with Gasteiger partial charge in [-0.3, -0.25) is 4.79 Å². The average molecular weight is 272 g/mol. The van der Waals surface area contributed by atoms with Gasteiger partial charge < -0.3 is 20.5 Å². The smallest absolute Gasteiger partial charge is 0.387 e. The van der Waals surface area contributed by atoms with Crippen LogP contribution in [0, 0.1) is 0 Å².